The van der Waals surface area contributed by atoms with E-state index in [2.05, 4.69) is 15.9 Å². The lowest BCUT2D eigenvalue weighted by Crippen LogP contribution is -2.40. The number of methoxy groups -OCH3 is 2. The zero-order valence-electron chi connectivity index (χ0n) is 20.5. The van der Waals surface area contributed by atoms with Crippen molar-refractivity contribution in [3.05, 3.63) is 99.0 Å². The first-order chi connectivity index (χ1) is 17.5. The number of hydrogen-bond donors (Lipinski definition) is 0. The lowest BCUT2D eigenvalue weighted by atomic mass is 10.1. The fraction of sp³-hybridized carbons (Fsp3) is 0.250. The maximum atomic E-state index is 13.8. The number of fused-ring (bicyclic) bond motifs is 1. The van der Waals surface area contributed by atoms with E-state index < -0.39 is 6.04 Å². The summed E-state index contributed by atoms with van der Waals surface area (Å²) in [6.07, 6.45) is 0.542. The Morgan fingerprint density at radius 1 is 1.06 bits per heavy atom. The first kappa shape index (κ1) is 25.6. The molecule has 0 fully saturated rings. The number of nitrogens with zero attached hydrogens (tertiary/aromatic N) is 3. The number of carbonyl (C=O) groups is 1. The molecule has 1 heterocycles. The summed E-state index contributed by atoms with van der Waals surface area (Å²) in [6.45, 7) is 2.65. The van der Waals surface area contributed by atoms with Gasteiger partial charge in [0.1, 0.15) is 11.6 Å². The molecular weight excluding hydrogens is 522 g/mol. The molecule has 7 nitrogen and oxygen atoms in total. The Labute approximate surface area is 218 Å². The summed E-state index contributed by atoms with van der Waals surface area (Å²) in [4.78, 5) is 34.3. The van der Waals surface area contributed by atoms with E-state index in [-0.39, 0.29) is 11.5 Å². The molecule has 0 spiro atoms. The number of para-hydroxylation sites is 1. The summed E-state index contributed by atoms with van der Waals surface area (Å²) in [5, 5.41) is 0.515. The van der Waals surface area contributed by atoms with Crippen LogP contribution < -0.4 is 10.3 Å². The molecule has 4 rings (SSSR count). The SMILES string of the molecule is CCC(c1nc2ccccc2c(=O)n1-c1ccc(Br)cc1)N(CCOC)C(=O)c1cccc(OC)c1. The van der Waals surface area contributed by atoms with Crippen molar-refractivity contribution < 1.29 is 14.3 Å². The Balaban J connectivity index is 1.92. The van der Waals surface area contributed by atoms with Gasteiger partial charge in [-0.05, 0) is 61.0 Å². The molecule has 0 aliphatic heterocycles. The Morgan fingerprint density at radius 2 is 1.81 bits per heavy atom. The number of halogens is 1. The monoisotopic (exact) mass is 549 g/mol. The van der Waals surface area contributed by atoms with E-state index >= 15 is 0 Å². The minimum Gasteiger partial charge on any atom is -0.497 e. The molecule has 0 N–H and O–H groups in total. The van der Waals surface area contributed by atoms with Crippen LogP contribution in [0.15, 0.2) is 82.1 Å². The predicted octanol–water partition coefficient (Wildman–Crippen LogP) is 5.40. The Bertz CT molecular complexity index is 1420. The van der Waals surface area contributed by atoms with E-state index in [1.165, 1.54) is 0 Å². The van der Waals surface area contributed by atoms with Crippen LogP contribution in [0, 0.1) is 0 Å². The second-order valence-corrected chi connectivity index (χ2v) is 9.17. The summed E-state index contributed by atoms with van der Waals surface area (Å²) in [5.74, 6) is 0.898. The van der Waals surface area contributed by atoms with Crippen LogP contribution in [0.2, 0.25) is 0 Å². The van der Waals surface area contributed by atoms with Crippen molar-refractivity contribution in [3.8, 4) is 11.4 Å². The van der Waals surface area contributed by atoms with Crippen LogP contribution in [0.5, 0.6) is 5.75 Å². The quantitative estimate of drug-likeness (QED) is 0.279. The maximum absolute atomic E-state index is 13.8. The Kier molecular flexibility index (Phi) is 8.18. The first-order valence-corrected chi connectivity index (χ1v) is 12.5. The van der Waals surface area contributed by atoms with Crippen LogP contribution in [-0.2, 0) is 4.74 Å². The van der Waals surface area contributed by atoms with E-state index in [4.69, 9.17) is 14.5 Å². The van der Waals surface area contributed by atoms with Gasteiger partial charge >= 0.3 is 0 Å². The molecule has 0 saturated heterocycles. The van der Waals surface area contributed by atoms with Gasteiger partial charge in [-0.15, -0.1) is 0 Å². The largest absolute Gasteiger partial charge is 0.497 e. The van der Waals surface area contributed by atoms with Gasteiger partial charge in [0.05, 0.1) is 36.3 Å². The van der Waals surface area contributed by atoms with E-state index in [1.807, 2.05) is 49.4 Å². The van der Waals surface area contributed by atoms with Gasteiger partial charge in [-0.2, -0.15) is 0 Å². The number of ether oxygens (including phenoxy) is 2. The summed E-state index contributed by atoms with van der Waals surface area (Å²) >= 11 is 3.47. The highest BCUT2D eigenvalue weighted by Gasteiger charge is 2.30. The van der Waals surface area contributed by atoms with Crippen molar-refractivity contribution in [2.24, 2.45) is 0 Å². The summed E-state index contributed by atoms with van der Waals surface area (Å²) in [5.41, 5.74) is 1.57. The van der Waals surface area contributed by atoms with Gasteiger partial charge < -0.3 is 14.4 Å². The van der Waals surface area contributed by atoms with Crippen molar-refractivity contribution in [1.82, 2.24) is 14.5 Å². The normalized spacial score (nSPS) is 11.9. The van der Waals surface area contributed by atoms with Crippen LogP contribution in [0.4, 0.5) is 0 Å². The smallest absolute Gasteiger partial charge is 0.266 e. The predicted molar refractivity (Wildman–Crippen MR) is 144 cm³/mol. The molecule has 0 saturated carbocycles. The molecule has 1 unspecified atom stereocenters. The number of aromatic nitrogens is 2. The molecule has 0 radical (unpaired) electrons. The van der Waals surface area contributed by atoms with Gasteiger partial charge in [-0.3, -0.25) is 14.2 Å². The second kappa shape index (κ2) is 11.5. The van der Waals surface area contributed by atoms with Crippen molar-refractivity contribution in [3.63, 3.8) is 0 Å². The molecule has 0 aliphatic rings. The Morgan fingerprint density at radius 3 is 2.50 bits per heavy atom. The highest BCUT2D eigenvalue weighted by Crippen LogP contribution is 2.28. The van der Waals surface area contributed by atoms with Crippen molar-refractivity contribution >= 4 is 32.7 Å². The fourth-order valence-corrected chi connectivity index (χ4v) is 4.53. The van der Waals surface area contributed by atoms with E-state index in [0.29, 0.717) is 53.3 Å². The zero-order valence-corrected chi connectivity index (χ0v) is 22.1. The molecule has 0 bridgehead atoms. The number of carbonyl (C=O) groups excluding carboxylic acids is 1. The standard InChI is InChI=1S/C28H28BrN3O4/c1-4-25(31(16-17-35-2)27(33)19-8-7-9-22(18-19)36-3)26-30-24-11-6-5-10-23(24)28(34)32(26)21-14-12-20(29)13-15-21/h5-15,18,25H,4,16-17H2,1-3H3. The first-order valence-electron chi connectivity index (χ1n) is 11.7. The van der Waals surface area contributed by atoms with Gasteiger partial charge in [-0.25, -0.2) is 4.98 Å². The van der Waals surface area contributed by atoms with Crippen LogP contribution in [0.25, 0.3) is 16.6 Å². The van der Waals surface area contributed by atoms with Crippen LogP contribution in [0.1, 0.15) is 35.6 Å². The third-order valence-corrected chi connectivity index (χ3v) is 6.59. The van der Waals surface area contributed by atoms with Crippen molar-refractivity contribution in [2.75, 3.05) is 27.4 Å². The number of amides is 1. The molecule has 3 aromatic carbocycles. The maximum Gasteiger partial charge on any atom is 0.266 e. The summed E-state index contributed by atoms with van der Waals surface area (Å²) < 4.78 is 13.2. The lowest BCUT2D eigenvalue weighted by molar-refractivity contribution is 0.0579. The van der Waals surface area contributed by atoms with Crippen molar-refractivity contribution in [1.29, 1.82) is 0 Å². The fourth-order valence-electron chi connectivity index (χ4n) is 4.27. The second-order valence-electron chi connectivity index (χ2n) is 8.25. The number of benzene rings is 3. The van der Waals surface area contributed by atoms with Crippen LogP contribution >= 0.6 is 15.9 Å². The average Bonchev–Trinajstić information content (AvgIpc) is 2.91. The average molecular weight is 550 g/mol. The van der Waals surface area contributed by atoms with Gasteiger partial charge in [-0.1, -0.05) is 41.1 Å². The van der Waals surface area contributed by atoms with Crippen LogP contribution in [-0.4, -0.2) is 47.7 Å². The summed E-state index contributed by atoms with van der Waals surface area (Å²) in [6, 6.07) is 21.3. The Hall–Kier alpha value is -3.49. The molecule has 8 heteroatoms. The molecule has 36 heavy (non-hydrogen) atoms. The lowest BCUT2D eigenvalue weighted by Gasteiger charge is -2.32. The number of hydrogen-bond acceptors (Lipinski definition) is 5. The van der Waals surface area contributed by atoms with E-state index in [9.17, 15) is 9.59 Å². The van der Waals surface area contributed by atoms with Crippen LogP contribution in [0.3, 0.4) is 0 Å². The molecule has 0 aliphatic carbocycles. The third kappa shape index (κ3) is 5.20. The van der Waals surface area contributed by atoms with Gasteiger partial charge in [0.25, 0.3) is 11.5 Å². The topological polar surface area (TPSA) is 73.7 Å². The van der Waals surface area contributed by atoms with E-state index in [1.54, 1.807) is 54.0 Å². The third-order valence-electron chi connectivity index (χ3n) is 6.06. The minimum atomic E-state index is -0.486. The molecule has 4 aromatic rings. The van der Waals surface area contributed by atoms with Crippen molar-refractivity contribution in [2.45, 2.75) is 19.4 Å². The molecule has 1 aromatic heterocycles. The van der Waals surface area contributed by atoms with Gasteiger partial charge in [0.15, 0.2) is 0 Å². The number of rotatable bonds is 9. The molecular formula is C28H28BrN3O4. The highest BCUT2D eigenvalue weighted by molar-refractivity contribution is 9.10. The van der Waals surface area contributed by atoms with E-state index in [0.717, 1.165) is 4.47 Å². The molecule has 1 atom stereocenters. The van der Waals surface area contributed by atoms with Gasteiger partial charge in [0.2, 0.25) is 0 Å². The summed E-state index contributed by atoms with van der Waals surface area (Å²) in [7, 11) is 3.16. The zero-order chi connectivity index (χ0) is 25.7. The molecule has 186 valence electrons. The highest BCUT2D eigenvalue weighted by atomic mass is 79.9. The van der Waals surface area contributed by atoms with Gasteiger partial charge in [0, 0.05) is 23.7 Å². The minimum absolute atomic E-state index is 0.183. The molecule has 1 amide bonds.